The van der Waals surface area contributed by atoms with Gasteiger partial charge in [-0.1, -0.05) is 45.0 Å². The molecule has 1 atom stereocenters. The minimum Gasteiger partial charge on any atom is -0.364 e. The van der Waals surface area contributed by atoms with Crippen LogP contribution in [0.3, 0.4) is 0 Å². The zero-order valence-corrected chi connectivity index (χ0v) is 21.2. The number of carbonyl (C=O) groups excluding carboxylic acids is 1. The molecule has 1 aliphatic rings. The van der Waals surface area contributed by atoms with Crippen molar-refractivity contribution in [2.24, 2.45) is 11.3 Å². The number of halogens is 3. The van der Waals surface area contributed by atoms with Crippen LogP contribution in [0.4, 0.5) is 13.2 Å². The maximum Gasteiger partial charge on any atom is 0.421 e. The summed E-state index contributed by atoms with van der Waals surface area (Å²) in [5.41, 5.74) is -2.29. The molecule has 1 fully saturated rings. The summed E-state index contributed by atoms with van der Waals surface area (Å²) in [6, 6.07) is 11.6. The van der Waals surface area contributed by atoms with Gasteiger partial charge in [-0.05, 0) is 66.0 Å². The number of nitrogens with one attached hydrogen (secondary N) is 1. The number of alkyl halides is 3. The zero-order valence-electron chi connectivity index (χ0n) is 20.4. The first-order valence-electron chi connectivity index (χ1n) is 11.5. The van der Waals surface area contributed by atoms with E-state index < -0.39 is 32.9 Å². The van der Waals surface area contributed by atoms with Crippen molar-refractivity contribution in [2.75, 3.05) is 12.9 Å². The highest BCUT2D eigenvalue weighted by molar-refractivity contribution is 7.91. The Bertz CT molecular complexity index is 1130. The van der Waals surface area contributed by atoms with Crippen molar-refractivity contribution >= 4 is 15.7 Å². The first-order valence-corrected chi connectivity index (χ1v) is 13.1. The van der Waals surface area contributed by atoms with E-state index >= 15 is 0 Å². The average molecular weight is 512 g/mol. The van der Waals surface area contributed by atoms with E-state index in [9.17, 15) is 26.4 Å². The van der Waals surface area contributed by atoms with Crippen molar-refractivity contribution in [1.82, 2.24) is 5.32 Å². The van der Waals surface area contributed by atoms with Crippen LogP contribution in [0.1, 0.15) is 61.5 Å². The Hall–Kier alpha value is -2.39. The van der Waals surface area contributed by atoms with E-state index in [1.807, 2.05) is 0 Å². The third-order valence-electron chi connectivity index (χ3n) is 6.09. The van der Waals surface area contributed by atoms with Crippen molar-refractivity contribution in [2.45, 2.75) is 63.3 Å². The number of rotatable bonds is 9. The predicted octanol–water partition coefficient (Wildman–Crippen LogP) is 5.64. The number of amides is 1. The van der Waals surface area contributed by atoms with Crippen molar-refractivity contribution in [3.05, 3.63) is 65.2 Å². The van der Waals surface area contributed by atoms with Gasteiger partial charge in [-0.15, -0.1) is 0 Å². The molecule has 192 valence electrons. The van der Waals surface area contributed by atoms with Crippen LogP contribution in [-0.2, 0) is 26.7 Å². The topological polar surface area (TPSA) is 72.5 Å². The molecule has 0 spiro atoms. The summed E-state index contributed by atoms with van der Waals surface area (Å²) >= 11 is 0. The lowest BCUT2D eigenvalue weighted by atomic mass is 9.77. The lowest BCUT2D eigenvalue weighted by Gasteiger charge is -2.39. The second kappa shape index (κ2) is 9.93. The fourth-order valence-corrected chi connectivity index (χ4v) is 5.80. The van der Waals surface area contributed by atoms with Gasteiger partial charge in [-0.3, -0.25) is 4.79 Å². The maximum absolute atomic E-state index is 14.1. The molecule has 2 aromatic carbocycles. The van der Waals surface area contributed by atoms with E-state index in [1.165, 1.54) is 36.4 Å². The Labute approximate surface area is 205 Å². The standard InChI is InChI=1S/C26H32F3NO4S/c1-24(2,3)17-25(34-4,26(27,28)29)21-11-9-20(10-12-21)23(31)30-15-18-7-13-22(14-8-18)35(32,33)16-19-5-6-19/h7-14,19H,5-6,15-17H2,1-4H3,(H,30,31). The van der Waals surface area contributed by atoms with E-state index in [4.69, 9.17) is 4.74 Å². The molecule has 1 saturated carbocycles. The number of ether oxygens (including phenoxy) is 1. The van der Waals surface area contributed by atoms with Gasteiger partial charge in [-0.25, -0.2) is 8.42 Å². The normalized spacial score (nSPS) is 16.5. The number of sulfone groups is 1. The Morgan fingerprint density at radius 3 is 2.03 bits per heavy atom. The summed E-state index contributed by atoms with van der Waals surface area (Å²) in [5, 5.41) is 2.71. The lowest BCUT2D eigenvalue weighted by Crippen LogP contribution is -2.46. The molecule has 3 rings (SSSR count). The van der Waals surface area contributed by atoms with Gasteiger partial charge in [0.25, 0.3) is 5.91 Å². The third kappa shape index (κ3) is 6.64. The molecule has 1 N–H and O–H groups in total. The predicted molar refractivity (Wildman–Crippen MR) is 128 cm³/mol. The Morgan fingerprint density at radius 1 is 1.00 bits per heavy atom. The minimum absolute atomic E-state index is 0.0676. The largest absolute Gasteiger partial charge is 0.421 e. The summed E-state index contributed by atoms with van der Waals surface area (Å²) in [4.78, 5) is 12.8. The average Bonchev–Trinajstić information content (AvgIpc) is 3.58. The van der Waals surface area contributed by atoms with Crippen LogP contribution >= 0.6 is 0 Å². The summed E-state index contributed by atoms with van der Waals surface area (Å²) < 4.78 is 72.0. The molecule has 2 aromatic rings. The molecule has 1 amide bonds. The highest BCUT2D eigenvalue weighted by atomic mass is 32.2. The number of hydrogen-bond acceptors (Lipinski definition) is 4. The Balaban J connectivity index is 1.68. The van der Waals surface area contributed by atoms with Crippen molar-refractivity contribution in [3.63, 3.8) is 0 Å². The van der Waals surface area contributed by atoms with Crippen LogP contribution < -0.4 is 5.32 Å². The molecular formula is C26H32F3NO4S. The smallest absolute Gasteiger partial charge is 0.364 e. The van der Waals surface area contributed by atoms with Crippen molar-refractivity contribution < 1.29 is 31.1 Å². The van der Waals surface area contributed by atoms with Crippen LogP contribution in [-0.4, -0.2) is 33.4 Å². The maximum atomic E-state index is 14.1. The molecule has 0 aliphatic heterocycles. The number of benzene rings is 2. The molecule has 1 unspecified atom stereocenters. The summed E-state index contributed by atoms with van der Waals surface area (Å²) in [7, 11) is -2.26. The molecule has 35 heavy (non-hydrogen) atoms. The van der Waals surface area contributed by atoms with Gasteiger partial charge in [0.1, 0.15) is 0 Å². The first kappa shape index (κ1) is 27.2. The van der Waals surface area contributed by atoms with Crippen molar-refractivity contribution in [1.29, 1.82) is 0 Å². The molecule has 0 radical (unpaired) electrons. The SMILES string of the molecule is COC(CC(C)(C)C)(c1ccc(C(=O)NCc2ccc(S(=O)(=O)CC3CC3)cc2)cc1)C(F)(F)F. The van der Waals surface area contributed by atoms with E-state index in [2.05, 4.69) is 5.32 Å². The molecule has 5 nitrogen and oxygen atoms in total. The molecule has 9 heteroatoms. The van der Waals surface area contributed by atoms with Crippen LogP contribution in [0.15, 0.2) is 53.4 Å². The molecule has 0 heterocycles. The molecule has 0 aromatic heterocycles. The van der Waals surface area contributed by atoms with E-state index in [-0.39, 0.29) is 40.7 Å². The van der Waals surface area contributed by atoms with Gasteiger partial charge >= 0.3 is 6.18 Å². The number of carbonyl (C=O) groups is 1. The fraction of sp³-hybridized carbons (Fsp3) is 0.500. The van der Waals surface area contributed by atoms with E-state index in [1.54, 1.807) is 32.9 Å². The highest BCUT2D eigenvalue weighted by Gasteiger charge is 2.58. The molecule has 0 bridgehead atoms. The summed E-state index contributed by atoms with van der Waals surface area (Å²) in [6.45, 7) is 5.29. The van der Waals surface area contributed by atoms with Gasteiger partial charge in [0.05, 0.1) is 10.6 Å². The van der Waals surface area contributed by atoms with E-state index in [0.717, 1.165) is 20.0 Å². The van der Waals surface area contributed by atoms with Crippen LogP contribution in [0.25, 0.3) is 0 Å². The lowest BCUT2D eigenvalue weighted by molar-refractivity contribution is -0.286. The summed E-state index contributed by atoms with van der Waals surface area (Å²) in [5.74, 6) is -0.0371. The Morgan fingerprint density at radius 2 is 1.57 bits per heavy atom. The van der Waals surface area contributed by atoms with Gasteiger partial charge in [0.15, 0.2) is 15.4 Å². The molecule has 0 saturated heterocycles. The zero-order chi connectivity index (χ0) is 26.1. The van der Waals surface area contributed by atoms with Gasteiger partial charge in [0, 0.05) is 19.2 Å². The summed E-state index contributed by atoms with van der Waals surface area (Å²) in [6.07, 6.45) is -3.03. The monoisotopic (exact) mass is 511 g/mol. The fourth-order valence-electron chi connectivity index (χ4n) is 4.10. The van der Waals surface area contributed by atoms with Gasteiger partial charge in [0.2, 0.25) is 0 Å². The second-order valence-electron chi connectivity index (χ2n) is 10.4. The second-order valence-corrected chi connectivity index (χ2v) is 12.4. The van der Waals surface area contributed by atoms with E-state index in [0.29, 0.717) is 5.56 Å². The van der Waals surface area contributed by atoms with Gasteiger partial charge in [-0.2, -0.15) is 13.2 Å². The quantitative estimate of drug-likeness (QED) is 0.473. The molecular weight excluding hydrogens is 479 g/mol. The third-order valence-corrected chi connectivity index (χ3v) is 7.99. The van der Waals surface area contributed by atoms with Gasteiger partial charge < -0.3 is 10.1 Å². The first-order chi connectivity index (χ1) is 16.2. The molecule has 1 aliphatic carbocycles. The van der Waals surface area contributed by atoms with Crippen molar-refractivity contribution in [3.8, 4) is 0 Å². The van der Waals surface area contributed by atoms with Crippen LogP contribution in [0.5, 0.6) is 0 Å². The minimum atomic E-state index is -4.64. The van der Waals surface area contributed by atoms with Crippen LogP contribution in [0, 0.1) is 11.3 Å². The van der Waals surface area contributed by atoms with Crippen LogP contribution in [0.2, 0.25) is 0 Å². The number of methoxy groups -OCH3 is 1. The Kier molecular flexibility index (Phi) is 7.72. The highest BCUT2D eigenvalue weighted by Crippen LogP contribution is 2.48. The number of hydrogen-bond donors (Lipinski definition) is 1.